The highest BCUT2D eigenvalue weighted by atomic mass is 79.9. The highest BCUT2D eigenvalue weighted by molar-refractivity contribution is 9.10. The van der Waals surface area contributed by atoms with Gasteiger partial charge >= 0.3 is 0 Å². The highest BCUT2D eigenvalue weighted by Crippen LogP contribution is 2.10. The molecule has 0 saturated heterocycles. The summed E-state index contributed by atoms with van der Waals surface area (Å²) in [5.41, 5.74) is 0.493. The maximum atomic E-state index is 12.1. The fourth-order valence-corrected chi connectivity index (χ4v) is 2.55. The zero-order valence-corrected chi connectivity index (χ0v) is 16.6. The molecule has 0 aliphatic rings. The molecule has 1 atom stereocenters. The maximum Gasteiger partial charge on any atom is 0.251 e. The average molecular weight is 412 g/mol. The van der Waals surface area contributed by atoms with Crippen LogP contribution in [0, 0.1) is 0 Å². The summed E-state index contributed by atoms with van der Waals surface area (Å²) in [7, 11) is 0. The first-order valence-electron chi connectivity index (χ1n) is 8.50. The van der Waals surface area contributed by atoms with E-state index in [1.54, 1.807) is 36.1 Å². The largest absolute Gasteiger partial charge is 0.354 e. The zero-order chi connectivity index (χ0) is 18.8. The summed E-state index contributed by atoms with van der Waals surface area (Å²) in [6.45, 7) is 7.32. The molecule has 0 spiro atoms. The van der Waals surface area contributed by atoms with E-state index in [-0.39, 0.29) is 17.7 Å². The van der Waals surface area contributed by atoms with Gasteiger partial charge in [0.15, 0.2) is 0 Å². The lowest BCUT2D eigenvalue weighted by Crippen LogP contribution is -2.45. The Hall–Kier alpha value is -1.89. The van der Waals surface area contributed by atoms with Crippen molar-refractivity contribution in [1.82, 2.24) is 15.5 Å². The number of halogens is 1. The van der Waals surface area contributed by atoms with Crippen LogP contribution in [-0.4, -0.2) is 48.3 Å². The third-order valence-corrected chi connectivity index (χ3v) is 4.36. The lowest BCUT2D eigenvalue weighted by molar-refractivity contribution is -0.131. The maximum absolute atomic E-state index is 12.1. The van der Waals surface area contributed by atoms with Gasteiger partial charge in [0.2, 0.25) is 11.8 Å². The molecule has 138 valence electrons. The van der Waals surface area contributed by atoms with Crippen LogP contribution in [0.1, 0.15) is 44.0 Å². The topological polar surface area (TPSA) is 78.5 Å². The van der Waals surface area contributed by atoms with Crippen LogP contribution in [0.5, 0.6) is 0 Å². The molecule has 0 saturated carbocycles. The predicted molar refractivity (Wildman–Crippen MR) is 101 cm³/mol. The van der Waals surface area contributed by atoms with Crippen LogP contribution in [0.25, 0.3) is 0 Å². The third-order valence-electron chi connectivity index (χ3n) is 3.83. The molecule has 6 nitrogen and oxygen atoms in total. The van der Waals surface area contributed by atoms with Crippen LogP contribution in [0.2, 0.25) is 0 Å². The second-order valence-electron chi connectivity index (χ2n) is 5.66. The molecule has 0 aromatic heterocycles. The molecule has 2 N–H and O–H groups in total. The fourth-order valence-electron chi connectivity index (χ4n) is 2.29. The summed E-state index contributed by atoms with van der Waals surface area (Å²) in [4.78, 5) is 37.7. The minimum Gasteiger partial charge on any atom is -0.354 e. The lowest BCUT2D eigenvalue weighted by Gasteiger charge is -2.18. The van der Waals surface area contributed by atoms with Crippen LogP contribution in [0.15, 0.2) is 28.7 Å². The number of carbonyl (C=O) groups is 3. The van der Waals surface area contributed by atoms with Gasteiger partial charge in [-0.25, -0.2) is 0 Å². The molecule has 0 fully saturated rings. The minimum absolute atomic E-state index is 0.0934. The Labute approximate surface area is 157 Å². The van der Waals surface area contributed by atoms with Gasteiger partial charge in [-0.15, -0.1) is 0 Å². The van der Waals surface area contributed by atoms with E-state index in [1.807, 2.05) is 13.8 Å². The molecule has 3 amide bonds. The van der Waals surface area contributed by atoms with E-state index in [4.69, 9.17) is 0 Å². The van der Waals surface area contributed by atoms with E-state index in [9.17, 15) is 14.4 Å². The first-order valence-corrected chi connectivity index (χ1v) is 9.30. The van der Waals surface area contributed by atoms with Crippen LogP contribution in [0.3, 0.4) is 0 Å². The van der Waals surface area contributed by atoms with Crippen molar-refractivity contribution >= 4 is 33.7 Å². The van der Waals surface area contributed by atoms with Crippen molar-refractivity contribution in [3.63, 3.8) is 0 Å². The quantitative estimate of drug-likeness (QED) is 0.612. The Morgan fingerprint density at radius 1 is 1.12 bits per heavy atom. The first kappa shape index (κ1) is 21.2. The van der Waals surface area contributed by atoms with Gasteiger partial charge in [-0.05, 0) is 51.5 Å². The molecule has 0 aliphatic carbocycles. The van der Waals surface area contributed by atoms with E-state index in [1.165, 1.54) is 0 Å². The van der Waals surface area contributed by atoms with Crippen LogP contribution < -0.4 is 10.6 Å². The summed E-state index contributed by atoms with van der Waals surface area (Å²) in [6.07, 6.45) is 0.982. The Kier molecular flexibility index (Phi) is 9.20. The van der Waals surface area contributed by atoms with E-state index in [0.717, 1.165) is 4.47 Å². The number of hydrogen-bond acceptors (Lipinski definition) is 3. The zero-order valence-electron chi connectivity index (χ0n) is 15.0. The smallest absolute Gasteiger partial charge is 0.251 e. The standard InChI is InChI=1S/C18H26BrN3O3/c1-4-22(5-2)16(23)7-6-12-20-17(24)13(3)21-18(25)14-8-10-15(19)11-9-14/h8-11,13H,4-7,12H2,1-3H3,(H,20,24)(H,21,25). The fraction of sp³-hybridized carbons (Fsp3) is 0.500. The Morgan fingerprint density at radius 2 is 1.72 bits per heavy atom. The van der Waals surface area contributed by atoms with Crippen molar-refractivity contribution in [2.75, 3.05) is 19.6 Å². The third kappa shape index (κ3) is 7.25. The van der Waals surface area contributed by atoms with Crippen molar-refractivity contribution in [3.05, 3.63) is 34.3 Å². The average Bonchev–Trinajstić information content (AvgIpc) is 2.60. The number of benzene rings is 1. The van der Waals surface area contributed by atoms with E-state index in [2.05, 4.69) is 26.6 Å². The molecule has 0 bridgehead atoms. The molecule has 1 aromatic rings. The van der Waals surface area contributed by atoms with Gasteiger partial charge < -0.3 is 15.5 Å². The Balaban J connectivity index is 2.33. The van der Waals surface area contributed by atoms with Gasteiger partial charge in [-0.2, -0.15) is 0 Å². The van der Waals surface area contributed by atoms with Crippen molar-refractivity contribution in [3.8, 4) is 0 Å². The van der Waals surface area contributed by atoms with Gasteiger partial charge in [0.05, 0.1) is 0 Å². The van der Waals surface area contributed by atoms with Gasteiger partial charge in [0.25, 0.3) is 5.91 Å². The van der Waals surface area contributed by atoms with E-state index < -0.39 is 6.04 Å². The SMILES string of the molecule is CCN(CC)C(=O)CCCNC(=O)C(C)NC(=O)c1ccc(Br)cc1. The van der Waals surface area contributed by atoms with Crippen molar-refractivity contribution < 1.29 is 14.4 Å². The minimum atomic E-state index is -0.644. The number of nitrogens with zero attached hydrogens (tertiary/aromatic N) is 1. The summed E-state index contributed by atoms with van der Waals surface area (Å²) >= 11 is 3.31. The number of amides is 3. The van der Waals surface area contributed by atoms with Gasteiger partial charge in [-0.1, -0.05) is 15.9 Å². The number of nitrogens with one attached hydrogen (secondary N) is 2. The second kappa shape index (κ2) is 10.9. The summed E-state index contributed by atoms with van der Waals surface area (Å²) in [5.74, 6) is -0.469. The van der Waals surface area contributed by atoms with Crippen molar-refractivity contribution in [1.29, 1.82) is 0 Å². The number of rotatable bonds is 9. The molecule has 1 rings (SSSR count). The second-order valence-corrected chi connectivity index (χ2v) is 6.58. The predicted octanol–water partition coefficient (Wildman–Crippen LogP) is 2.33. The number of carbonyl (C=O) groups excluding carboxylic acids is 3. The first-order chi connectivity index (χ1) is 11.9. The highest BCUT2D eigenvalue weighted by Gasteiger charge is 2.16. The molecule has 25 heavy (non-hydrogen) atoms. The monoisotopic (exact) mass is 411 g/mol. The molecule has 0 aliphatic heterocycles. The lowest BCUT2D eigenvalue weighted by atomic mass is 10.2. The van der Waals surface area contributed by atoms with Gasteiger partial charge in [-0.3, -0.25) is 14.4 Å². The van der Waals surface area contributed by atoms with Crippen molar-refractivity contribution in [2.45, 2.75) is 39.7 Å². The summed E-state index contributed by atoms with van der Waals surface area (Å²) in [5, 5.41) is 5.41. The van der Waals surface area contributed by atoms with Crippen LogP contribution in [-0.2, 0) is 9.59 Å². The molecule has 0 radical (unpaired) electrons. The van der Waals surface area contributed by atoms with Gasteiger partial charge in [0.1, 0.15) is 6.04 Å². The van der Waals surface area contributed by atoms with Crippen LogP contribution in [0.4, 0.5) is 0 Å². The molecule has 1 unspecified atom stereocenters. The number of hydrogen-bond donors (Lipinski definition) is 2. The van der Waals surface area contributed by atoms with Crippen LogP contribution >= 0.6 is 15.9 Å². The van der Waals surface area contributed by atoms with E-state index >= 15 is 0 Å². The molecule has 0 heterocycles. The van der Waals surface area contributed by atoms with Crippen molar-refractivity contribution in [2.24, 2.45) is 0 Å². The van der Waals surface area contributed by atoms with Gasteiger partial charge in [0, 0.05) is 36.1 Å². The molecule has 1 aromatic carbocycles. The Bertz CT molecular complexity index is 586. The molecular formula is C18H26BrN3O3. The summed E-state index contributed by atoms with van der Waals surface area (Å²) in [6, 6.07) is 6.26. The molecular weight excluding hydrogens is 386 g/mol. The summed E-state index contributed by atoms with van der Waals surface area (Å²) < 4.78 is 0.883. The normalized spacial score (nSPS) is 11.5. The molecule has 7 heteroatoms. The van der Waals surface area contributed by atoms with E-state index in [0.29, 0.717) is 38.0 Å². The Morgan fingerprint density at radius 3 is 2.28 bits per heavy atom.